The third-order valence-corrected chi connectivity index (χ3v) is 3.49. The van der Waals surface area contributed by atoms with Crippen molar-refractivity contribution in [3.8, 4) is 0 Å². The second kappa shape index (κ2) is 5.32. The number of hydrogen-bond donors (Lipinski definition) is 1. The van der Waals surface area contributed by atoms with E-state index in [9.17, 15) is 4.79 Å². The number of benzene rings is 1. The molecule has 3 heteroatoms. The molecule has 3 nitrogen and oxygen atoms in total. The molecule has 0 aromatic heterocycles. The zero-order chi connectivity index (χ0) is 12.3. The summed E-state index contributed by atoms with van der Waals surface area (Å²) in [6.45, 7) is 3.70. The molecule has 1 atom stereocenters. The van der Waals surface area contributed by atoms with Crippen LogP contribution in [0.3, 0.4) is 0 Å². The average Bonchev–Trinajstić information content (AvgIpc) is 2.38. The lowest BCUT2D eigenvalue weighted by atomic mass is 10.0. The van der Waals surface area contributed by atoms with Crippen molar-refractivity contribution in [3.63, 3.8) is 0 Å². The molecule has 0 radical (unpaired) electrons. The zero-order valence-corrected chi connectivity index (χ0v) is 10.6. The molecule has 1 aliphatic rings. The topological polar surface area (TPSA) is 32.3 Å². The van der Waals surface area contributed by atoms with Crippen LogP contribution < -0.4 is 5.32 Å². The van der Waals surface area contributed by atoms with Crippen molar-refractivity contribution >= 4 is 5.91 Å². The first-order valence-electron chi connectivity index (χ1n) is 6.24. The Hall–Kier alpha value is -1.35. The van der Waals surface area contributed by atoms with Gasteiger partial charge in [-0.25, -0.2) is 0 Å². The van der Waals surface area contributed by atoms with Crippen LogP contribution in [0, 0.1) is 6.92 Å². The summed E-state index contributed by atoms with van der Waals surface area (Å²) in [7, 11) is 1.96. The summed E-state index contributed by atoms with van der Waals surface area (Å²) in [6, 6.07) is 8.25. The smallest absolute Gasteiger partial charge is 0.254 e. The van der Waals surface area contributed by atoms with Crippen molar-refractivity contribution < 1.29 is 4.79 Å². The fourth-order valence-electron chi connectivity index (χ4n) is 2.38. The molecule has 2 rings (SSSR count). The van der Waals surface area contributed by atoms with Crippen molar-refractivity contribution in [2.24, 2.45) is 0 Å². The van der Waals surface area contributed by atoms with E-state index in [1.54, 1.807) is 0 Å². The molecule has 1 aliphatic heterocycles. The van der Waals surface area contributed by atoms with Crippen LogP contribution in [0.5, 0.6) is 0 Å². The van der Waals surface area contributed by atoms with Gasteiger partial charge in [0.25, 0.3) is 5.91 Å². The van der Waals surface area contributed by atoms with E-state index in [1.807, 2.05) is 43.1 Å². The van der Waals surface area contributed by atoms with Gasteiger partial charge in [0.05, 0.1) is 0 Å². The van der Waals surface area contributed by atoms with Crippen LogP contribution in [0.1, 0.15) is 28.8 Å². The number of rotatable bonds is 2. The third kappa shape index (κ3) is 2.67. The Morgan fingerprint density at radius 3 is 2.88 bits per heavy atom. The molecule has 0 bridgehead atoms. The van der Waals surface area contributed by atoms with E-state index >= 15 is 0 Å². The van der Waals surface area contributed by atoms with Crippen molar-refractivity contribution in [1.82, 2.24) is 10.2 Å². The number of amides is 1. The number of carbonyl (C=O) groups excluding carboxylic acids is 1. The molecule has 92 valence electrons. The van der Waals surface area contributed by atoms with E-state index in [0.29, 0.717) is 6.04 Å². The van der Waals surface area contributed by atoms with Crippen LogP contribution >= 0.6 is 0 Å². The molecule has 17 heavy (non-hydrogen) atoms. The van der Waals surface area contributed by atoms with E-state index < -0.39 is 0 Å². The molecule has 1 aromatic rings. The maximum absolute atomic E-state index is 12.4. The lowest BCUT2D eigenvalue weighted by molar-refractivity contribution is 0.0697. The number of likely N-dealkylation sites (tertiary alicyclic amines) is 1. The lowest BCUT2D eigenvalue weighted by Crippen LogP contribution is -2.47. The second-order valence-electron chi connectivity index (χ2n) is 4.69. The molecule has 1 N–H and O–H groups in total. The number of nitrogens with zero attached hydrogens (tertiary/aromatic N) is 1. The largest absolute Gasteiger partial charge is 0.337 e. The maximum Gasteiger partial charge on any atom is 0.254 e. The van der Waals surface area contributed by atoms with Gasteiger partial charge in [-0.2, -0.15) is 0 Å². The van der Waals surface area contributed by atoms with Gasteiger partial charge in [-0.05, 0) is 38.4 Å². The minimum atomic E-state index is 0.169. The van der Waals surface area contributed by atoms with Crippen molar-refractivity contribution in [2.45, 2.75) is 25.8 Å². The van der Waals surface area contributed by atoms with Crippen molar-refractivity contribution in [3.05, 3.63) is 35.4 Å². The van der Waals surface area contributed by atoms with Crippen LogP contribution in [0.2, 0.25) is 0 Å². The molecule has 1 amide bonds. The van der Waals surface area contributed by atoms with E-state index in [4.69, 9.17) is 0 Å². The van der Waals surface area contributed by atoms with E-state index in [0.717, 1.165) is 37.1 Å². The summed E-state index contributed by atoms with van der Waals surface area (Å²) in [4.78, 5) is 14.3. The standard InChI is InChI=1S/C14H20N2O/c1-11-6-3-4-8-13(11)14(17)16-9-5-7-12(10-16)15-2/h3-4,6,8,12,15H,5,7,9-10H2,1-2H3. The molecule has 1 aromatic carbocycles. The summed E-state index contributed by atoms with van der Waals surface area (Å²) in [5.74, 6) is 0.169. The highest BCUT2D eigenvalue weighted by Crippen LogP contribution is 2.15. The Morgan fingerprint density at radius 2 is 2.18 bits per heavy atom. The Kier molecular flexibility index (Phi) is 3.79. The second-order valence-corrected chi connectivity index (χ2v) is 4.69. The van der Waals surface area contributed by atoms with Crippen LogP contribution in [0.15, 0.2) is 24.3 Å². The first-order chi connectivity index (χ1) is 8.22. The number of carbonyl (C=O) groups is 1. The van der Waals surface area contributed by atoms with Crippen LogP contribution in [0.25, 0.3) is 0 Å². The molecule has 1 unspecified atom stereocenters. The number of likely N-dealkylation sites (N-methyl/N-ethyl adjacent to an activating group) is 1. The molecule has 0 spiro atoms. The highest BCUT2D eigenvalue weighted by molar-refractivity contribution is 5.95. The molecular formula is C14H20N2O. The summed E-state index contributed by atoms with van der Waals surface area (Å²) < 4.78 is 0. The summed E-state index contributed by atoms with van der Waals surface area (Å²) in [5.41, 5.74) is 1.90. The predicted molar refractivity (Wildman–Crippen MR) is 69.2 cm³/mol. The minimum Gasteiger partial charge on any atom is -0.337 e. The lowest BCUT2D eigenvalue weighted by Gasteiger charge is -2.33. The molecule has 0 saturated carbocycles. The fraction of sp³-hybridized carbons (Fsp3) is 0.500. The van der Waals surface area contributed by atoms with Crippen LogP contribution in [0.4, 0.5) is 0 Å². The van der Waals surface area contributed by atoms with Gasteiger partial charge < -0.3 is 10.2 Å². The Morgan fingerprint density at radius 1 is 1.41 bits per heavy atom. The predicted octanol–water partition coefficient (Wildman–Crippen LogP) is 1.82. The molecule has 1 heterocycles. The van der Waals surface area contributed by atoms with Gasteiger partial charge in [-0.15, -0.1) is 0 Å². The molecule has 0 aliphatic carbocycles. The normalized spacial score (nSPS) is 20.4. The van der Waals surface area contributed by atoms with E-state index in [1.165, 1.54) is 0 Å². The monoisotopic (exact) mass is 232 g/mol. The SMILES string of the molecule is CNC1CCCN(C(=O)c2ccccc2C)C1. The number of hydrogen-bond acceptors (Lipinski definition) is 2. The van der Waals surface area contributed by atoms with Gasteiger partial charge in [0.15, 0.2) is 0 Å². The zero-order valence-electron chi connectivity index (χ0n) is 10.6. The van der Waals surface area contributed by atoms with Crippen molar-refractivity contribution in [1.29, 1.82) is 0 Å². The summed E-state index contributed by atoms with van der Waals surface area (Å²) in [6.07, 6.45) is 2.25. The highest BCUT2D eigenvalue weighted by atomic mass is 16.2. The quantitative estimate of drug-likeness (QED) is 0.843. The fourth-order valence-corrected chi connectivity index (χ4v) is 2.38. The highest BCUT2D eigenvalue weighted by Gasteiger charge is 2.23. The maximum atomic E-state index is 12.4. The number of aryl methyl sites for hydroxylation is 1. The van der Waals surface area contributed by atoms with E-state index in [2.05, 4.69) is 5.32 Å². The van der Waals surface area contributed by atoms with Gasteiger partial charge in [0.1, 0.15) is 0 Å². The Labute approximate surface area is 103 Å². The van der Waals surface area contributed by atoms with Gasteiger partial charge >= 0.3 is 0 Å². The van der Waals surface area contributed by atoms with E-state index in [-0.39, 0.29) is 5.91 Å². The van der Waals surface area contributed by atoms with Gasteiger partial charge in [-0.3, -0.25) is 4.79 Å². The Bertz CT molecular complexity index is 403. The van der Waals surface area contributed by atoms with Crippen molar-refractivity contribution in [2.75, 3.05) is 20.1 Å². The number of piperidine rings is 1. The third-order valence-electron chi connectivity index (χ3n) is 3.49. The molecule has 1 saturated heterocycles. The van der Waals surface area contributed by atoms with Crippen LogP contribution in [-0.2, 0) is 0 Å². The van der Waals surface area contributed by atoms with Gasteiger partial charge in [-0.1, -0.05) is 18.2 Å². The summed E-state index contributed by atoms with van der Waals surface area (Å²) >= 11 is 0. The van der Waals surface area contributed by atoms with Gasteiger partial charge in [0.2, 0.25) is 0 Å². The first kappa shape index (κ1) is 12.1. The molecular weight excluding hydrogens is 212 g/mol. The summed E-state index contributed by atoms with van der Waals surface area (Å²) in [5, 5.41) is 3.26. The first-order valence-corrected chi connectivity index (χ1v) is 6.24. The number of nitrogens with one attached hydrogen (secondary N) is 1. The minimum absolute atomic E-state index is 0.169. The average molecular weight is 232 g/mol. The Balaban J connectivity index is 2.12. The molecule has 1 fully saturated rings. The van der Waals surface area contributed by atoms with Gasteiger partial charge in [0, 0.05) is 24.7 Å². The van der Waals surface area contributed by atoms with Crippen LogP contribution in [-0.4, -0.2) is 37.0 Å².